The summed E-state index contributed by atoms with van der Waals surface area (Å²) in [5.74, 6) is 0.226. The molecule has 0 atom stereocenters. The number of ether oxygens (including phenoxy) is 1. The first-order valence-electron chi connectivity index (χ1n) is 8.79. The number of benzene rings is 2. The first-order chi connectivity index (χ1) is 13.6. The van der Waals surface area contributed by atoms with E-state index in [0.29, 0.717) is 17.0 Å². The Kier molecular flexibility index (Phi) is 7.16. The third-order valence-corrected chi connectivity index (χ3v) is 5.40. The predicted molar refractivity (Wildman–Crippen MR) is 111 cm³/mol. The molecular weight excluding hydrogens is 398 g/mol. The van der Waals surface area contributed by atoms with Crippen molar-refractivity contribution in [2.45, 2.75) is 19.8 Å². The number of carbonyl (C=O) groups excluding carboxylic acids is 1. The van der Waals surface area contributed by atoms with Crippen LogP contribution < -0.4 is 14.4 Å². The van der Waals surface area contributed by atoms with Gasteiger partial charge >= 0.3 is 0 Å². The molecule has 0 aliphatic heterocycles. The van der Waals surface area contributed by atoms with Crippen LogP contribution >= 0.6 is 0 Å². The van der Waals surface area contributed by atoms with Gasteiger partial charge in [0.25, 0.3) is 5.69 Å². The summed E-state index contributed by atoms with van der Waals surface area (Å²) in [5, 5.41) is 13.8. The van der Waals surface area contributed by atoms with Gasteiger partial charge in [-0.2, -0.15) is 0 Å². The van der Waals surface area contributed by atoms with Crippen LogP contribution in [0.5, 0.6) is 5.75 Å². The summed E-state index contributed by atoms with van der Waals surface area (Å²) in [5.41, 5.74) is 1.13. The molecule has 2 aromatic rings. The number of carbonyl (C=O) groups is 1. The van der Waals surface area contributed by atoms with Gasteiger partial charge in [-0.05, 0) is 31.0 Å². The van der Waals surface area contributed by atoms with Crippen molar-refractivity contribution in [1.82, 2.24) is 0 Å². The summed E-state index contributed by atoms with van der Waals surface area (Å²) in [4.78, 5) is 22.7. The lowest BCUT2D eigenvalue weighted by atomic mass is 10.1. The van der Waals surface area contributed by atoms with E-state index in [-0.39, 0.29) is 36.7 Å². The van der Waals surface area contributed by atoms with E-state index in [1.807, 2.05) is 0 Å². The van der Waals surface area contributed by atoms with Crippen molar-refractivity contribution in [2.24, 2.45) is 0 Å². The third-order valence-electron chi connectivity index (χ3n) is 4.22. The summed E-state index contributed by atoms with van der Waals surface area (Å²) in [7, 11) is -2.20. The number of amides is 1. The molecule has 0 aromatic heterocycles. The summed E-state index contributed by atoms with van der Waals surface area (Å²) in [6, 6.07) is 11.0. The second kappa shape index (κ2) is 9.37. The summed E-state index contributed by atoms with van der Waals surface area (Å²) >= 11 is 0. The van der Waals surface area contributed by atoms with E-state index in [9.17, 15) is 23.3 Å². The van der Waals surface area contributed by atoms with Gasteiger partial charge in [-0.25, -0.2) is 8.42 Å². The van der Waals surface area contributed by atoms with Crippen LogP contribution in [-0.4, -0.2) is 39.2 Å². The molecule has 29 heavy (non-hydrogen) atoms. The number of non-ortho nitro benzene ring substituents is 1. The van der Waals surface area contributed by atoms with Gasteiger partial charge in [0.2, 0.25) is 15.9 Å². The SMILES string of the molecule is COc1ccccc1NC(=O)CCCN(c1cc([N+](=O)[O-])ccc1C)S(C)(=O)=O. The number of nitro benzene ring substituents is 1. The first kappa shape index (κ1) is 22.2. The van der Waals surface area contributed by atoms with Crippen LogP contribution in [0.2, 0.25) is 0 Å². The number of sulfonamides is 1. The number of hydrogen-bond acceptors (Lipinski definition) is 6. The minimum absolute atomic E-state index is 0.0141. The Hall–Kier alpha value is -3.14. The van der Waals surface area contributed by atoms with Crippen LogP contribution in [0.3, 0.4) is 0 Å². The van der Waals surface area contributed by atoms with Crippen molar-refractivity contribution in [3.63, 3.8) is 0 Å². The maximum Gasteiger partial charge on any atom is 0.271 e. The second-order valence-corrected chi connectivity index (χ2v) is 8.32. The molecule has 2 rings (SSSR count). The Morgan fingerprint density at radius 3 is 2.55 bits per heavy atom. The molecule has 1 N–H and O–H groups in total. The average Bonchev–Trinajstić information content (AvgIpc) is 2.65. The van der Waals surface area contributed by atoms with E-state index in [2.05, 4.69) is 5.32 Å². The van der Waals surface area contributed by atoms with Crippen molar-refractivity contribution in [3.05, 3.63) is 58.1 Å². The van der Waals surface area contributed by atoms with E-state index in [1.165, 1.54) is 25.3 Å². The van der Waals surface area contributed by atoms with E-state index in [0.717, 1.165) is 10.6 Å². The second-order valence-electron chi connectivity index (χ2n) is 6.42. The normalized spacial score (nSPS) is 11.0. The quantitative estimate of drug-likeness (QED) is 0.491. The van der Waals surface area contributed by atoms with Crippen LogP contribution in [0.15, 0.2) is 42.5 Å². The molecule has 0 saturated carbocycles. The molecule has 0 bridgehead atoms. The molecule has 0 unspecified atom stereocenters. The van der Waals surface area contributed by atoms with Crippen LogP contribution in [0.25, 0.3) is 0 Å². The van der Waals surface area contributed by atoms with Crippen molar-refractivity contribution < 1.29 is 22.9 Å². The molecule has 0 fully saturated rings. The number of nitro groups is 1. The van der Waals surface area contributed by atoms with Crippen LogP contribution in [0.4, 0.5) is 17.1 Å². The fraction of sp³-hybridized carbons (Fsp3) is 0.316. The number of nitrogens with zero attached hydrogens (tertiary/aromatic N) is 2. The Labute approximate surface area is 169 Å². The maximum atomic E-state index is 12.3. The molecular formula is C19H23N3O6S. The molecule has 156 valence electrons. The zero-order valence-electron chi connectivity index (χ0n) is 16.4. The van der Waals surface area contributed by atoms with E-state index >= 15 is 0 Å². The van der Waals surface area contributed by atoms with Crippen molar-refractivity contribution in [2.75, 3.05) is 29.5 Å². The van der Waals surface area contributed by atoms with Gasteiger partial charge < -0.3 is 10.1 Å². The molecule has 0 radical (unpaired) electrons. The Bertz CT molecular complexity index is 1010. The van der Waals surface area contributed by atoms with Crippen LogP contribution in [-0.2, 0) is 14.8 Å². The number of aryl methyl sites for hydroxylation is 1. The number of nitrogens with one attached hydrogen (secondary N) is 1. The van der Waals surface area contributed by atoms with Gasteiger partial charge in [0.05, 0.1) is 29.7 Å². The van der Waals surface area contributed by atoms with Gasteiger partial charge in [0, 0.05) is 25.1 Å². The monoisotopic (exact) mass is 421 g/mol. The topological polar surface area (TPSA) is 119 Å². The zero-order chi connectivity index (χ0) is 21.6. The third kappa shape index (κ3) is 5.92. The molecule has 0 spiro atoms. The number of para-hydroxylation sites is 2. The van der Waals surface area contributed by atoms with Crippen LogP contribution in [0.1, 0.15) is 18.4 Å². The first-order valence-corrected chi connectivity index (χ1v) is 10.6. The zero-order valence-corrected chi connectivity index (χ0v) is 17.2. The molecule has 0 saturated heterocycles. The molecule has 10 heteroatoms. The fourth-order valence-electron chi connectivity index (χ4n) is 2.79. The van der Waals surface area contributed by atoms with Crippen molar-refractivity contribution in [3.8, 4) is 5.75 Å². The molecule has 1 amide bonds. The van der Waals surface area contributed by atoms with E-state index in [1.54, 1.807) is 31.2 Å². The molecule has 0 aliphatic rings. The smallest absolute Gasteiger partial charge is 0.271 e. The molecule has 2 aromatic carbocycles. The number of rotatable bonds is 9. The highest BCUT2D eigenvalue weighted by molar-refractivity contribution is 7.92. The van der Waals surface area contributed by atoms with Gasteiger partial charge in [0.15, 0.2) is 0 Å². The molecule has 0 aliphatic carbocycles. The molecule has 9 nitrogen and oxygen atoms in total. The number of anilines is 2. The lowest BCUT2D eigenvalue weighted by Gasteiger charge is -2.24. The number of methoxy groups -OCH3 is 1. The highest BCUT2D eigenvalue weighted by Crippen LogP contribution is 2.28. The Balaban J connectivity index is 2.10. The largest absolute Gasteiger partial charge is 0.495 e. The highest BCUT2D eigenvalue weighted by Gasteiger charge is 2.22. The van der Waals surface area contributed by atoms with Gasteiger partial charge in [-0.1, -0.05) is 18.2 Å². The number of hydrogen-bond donors (Lipinski definition) is 1. The van der Waals surface area contributed by atoms with Gasteiger partial charge in [0.1, 0.15) is 5.75 Å². The van der Waals surface area contributed by atoms with E-state index < -0.39 is 14.9 Å². The minimum Gasteiger partial charge on any atom is -0.495 e. The maximum absolute atomic E-state index is 12.3. The fourth-order valence-corrected chi connectivity index (χ4v) is 3.80. The molecule has 0 heterocycles. The Morgan fingerprint density at radius 2 is 1.93 bits per heavy atom. The van der Waals surface area contributed by atoms with Gasteiger partial charge in [-0.3, -0.25) is 19.2 Å². The predicted octanol–water partition coefficient (Wildman–Crippen LogP) is 3.10. The Morgan fingerprint density at radius 1 is 1.24 bits per heavy atom. The average molecular weight is 421 g/mol. The summed E-state index contributed by atoms with van der Waals surface area (Å²) in [6.07, 6.45) is 1.33. The van der Waals surface area contributed by atoms with Crippen molar-refractivity contribution >= 4 is 33.0 Å². The van der Waals surface area contributed by atoms with Crippen molar-refractivity contribution in [1.29, 1.82) is 0 Å². The van der Waals surface area contributed by atoms with E-state index in [4.69, 9.17) is 4.74 Å². The summed E-state index contributed by atoms with van der Waals surface area (Å²) in [6.45, 7) is 1.69. The lowest BCUT2D eigenvalue weighted by Crippen LogP contribution is -2.32. The lowest BCUT2D eigenvalue weighted by molar-refractivity contribution is -0.384. The standard InChI is InChI=1S/C19H23N3O6S/c1-14-10-11-15(22(24)25)13-17(14)21(29(3,26)27)12-6-9-19(23)20-16-7-4-5-8-18(16)28-2/h4-5,7-8,10-11,13H,6,9,12H2,1-3H3,(H,20,23). The minimum atomic E-state index is -3.69. The van der Waals surface area contributed by atoms with Gasteiger partial charge in [-0.15, -0.1) is 0 Å². The highest BCUT2D eigenvalue weighted by atomic mass is 32.2. The summed E-state index contributed by atoms with van der Waals surface area (Å²) < 4.78 is 30.8. The van der Waals surface area contributed by atoms with Crippen LogP contribution in [0, 0.1) is 17.0 Å².